The Morgan fingerprint density at radius 2 is 2.04 bits per heavy atom. The van der Waals surface area contributed by atoms with Gasteiger partial charge in [0.1, 0.15) is 5.75 Å². The fraction of sp³-hybridized carbons (Fsp3) is 0.316. The molecular formula is C19H20N4O3. The van der Waals surface area contributed by atoms with Crippen LogP contribution in [0.4, 0.5) is 5.69 Å². The predicted molar refractivity (Wildman–Crippen MR) is 96.0 cm³/mol. The van der Waals surface area contributed by atoms with E-state index in [1.807, 2.05) is 17.2 Å². The third kappa shape index (κ3) is 3.52. The Morgan fingerprint density at radius 1 is 1.19 bits per heavy atom. The van der Waals surface area contributed by atoms with Gasteiger partial charge in [-0.3, -0.25) is 19.5 Å². The van der Waals surface area contributed by atoms with E-state index in [-0.39, 0.29) is 18.4 Å². The molecule has 0 spiro atoms. The van der Waals surface area contributed by atoms with E-state index >= 15 is 0 Å². The molecule has 0 atom stereocenters. The van der Waals surface area contributed by atoms with E-state index in [1.54, 1.807) is 24.4 Å². The summed E-state index contributed by atoms with van der Waals surface area (Å²) in [6, 6.07) is 9.17. The van der Waals surface area contributed by atoms with Crippen molar-refractivity contribution in [2.45, 2.75) is 6.54 Å². The van der Waals surface area contributed by atoms with E-state index in [4.69, 9.17) is 4.74 Å². The third-order valence-corrected chi connectivity index (χ3v) is 4.65. The number of hydrogen-bond acceptors (Lipinski definition) is 5. The molecule has 26 heavy (non-hydrogen) atoms. The number of carbonyl (C=O) groups excluding carboxylic acids is 2. The lowest BCUT2D eigenvalue weighted by Crippen LogP contribution is -2.48. The molecule has 0 aliphatic carbocycles. The standard InChI is InChI=1S/C19H20N4O3/c24-18-13-26-17-10-15(3-4-16(17)21-18)19(25)23-8-6-22(7-9-23)12-14-2-1-5-20-11-14/h1-5,10-11H,6-9,12-13H2,(H,21,24). The molecule has 1 fully saturated rings. The molecule has 0 bridgehead atoms. The number of rotatable bonds is 3. The number of amides is 2. The van der Waals surface area contributed by atoms with Gasteiger partial charge in [-0.1, -0.05) is 6.07 Å². The topological polar surface area (TPSA) is 74.8 Å². The number of fused-ring (bicyclic) bond motifs is 1. The number of nitrogens with one attached hydrogen (secondary N) is 1. The monoisotopic (exact) mass is 352 g/mol. The smallest absolute Gasteiger partial charge is 0.262 e. The van der Waals surface area contributed by atoms with Crippen LogP contribution < -0.4 is 10.1 Å². The average Bonchev–Trinajstić information content (AvgIpc) is 2.68. The highest BCUT2D eigenvalue weighted by Gasteiger charge is 2.24. The maximum Gasteiger partial charge on any atom is 0.262 e. The summed E-state index contributed by atoms with van der Waals surface area (Å²) in [5.41, 5.74) is 2.38. The van der Waals surface area contributed by atoms with Crippen molar-refractivity contribution < 1.29 is 14.3 Å². The first-order chi connectivity index (χ1) is 12.7. The molecule has 4 rings (SSSR count). The van der Waals surface area contributed by atoms with Crippen LogP contribution in [-0.4, -0.2) is 59.4 Å². The molecule has 3 heterocycles. The Morgan fingerprint density at radius 3 is 2.81 bits per heavy atom. The lowest BCUT2D eigenvalue weighted by molar-refractivity contribution is -0.118. The van der Waals surface area contributed by atoms with Crippen LogP contribution in [0.3, 0.4) is 0 Å². The zero-order chi connectivity index (χ0) is 17.9. The lowest BCUT2D eigenvalue weighted by Gasteiger charge is -2.34. The van der Waals surface area contributed by atoms with E-state index in [2.05, 4.69) is 21.3 Å². The Hall–Kier alpha value is -2.93. The maximum absolute atomic E-state index is 12.8. The molecule has 134 valence electrons. The van der Waals surface area contributed by atoms with Gasteiger partial charge in [-0.2, -0.15) is 0 Å². The van der Waals surface area contributed by atoms with Crippen molar-refractivity contribution in [1.82, 2.24) is 14.8 Å². The van der Waals surface area contributed by atoms with Gasteiger partial charge in [0.2, 0.25) is 0 Å². The van der Waals surface area contributed by atoms with E-state index < -0.39 is 0 Å². The molecule has 0 radical (unpaired) electrons. The second kappa shape index (κ2) is 7.13. The van der Waals surface area contributed by atoms with Crippen LogP contribution >= 0.6 is 0 Å². The molecule has 1 aromatic heterocycles. The van der Waals surface area contributed by atoms with Crippen LogP contribution in [0.2, 0.25) is 0 Å². The summed E-state index contributed by atoms with van der Waals surface area (Å²) < 4.78 is 5.40. The minimum atomic E-state index is -0.179. The second-order valence-electron chi connectivity index (χ2n) is 6.48. The lowest BCUT2D eigenvalue weighted by atomic mass is 10.1. The van der Waals surface area contributed by atoms with Crippen LogP contribution in [0, 0.1) is 0 Å². The molecular weight excluding hydrogens is 332 g/mol. The Labute approximate surface area is 151 Å². The Kier molecular flexibility index (Phi) is 4.53. The number of nitrogens with zero attached hydrogens (tertiary/aromatic N) is 3. The number of benzene rings is 1. The quantitative estimate of drug-likeness (QED) is 0.903. The summed E-state index contributed by atoms with van der Waals surface area (Å²) in [7, 11) is 0. The van der Waals surface area contributed by atoms with Crippen molar-refractivity contribution >= 4 is 17.5 Å². The van der Waals surface area contributed by atoms with Gasteiger partial charge < -0.3 is 15.0 Å². The first kappa shape index (κ1) is 16.5. The van der Waals surface area contributed by atoms with E-state index in [1.165, 1.54) is 5.56 Å². The van der Waals surface area contributed by atoms with Crippen molar-refractivity contribution in [2.24, 2.45) is 0 Å². The molecule has 7 heteroatoms. The van der Waals surface area contributed by atoms with Gasteiger partial charge in [0, 0.05) is 50.7 Å². The van der Waals surface area contributed by atoms with Gasteiger partial charge in [-0.05, 0) is 29.8 Å². The van der Waals surface area contributed by atoms with Gasteiger partial charge >= 0.3 is 0 Å². The van der Waals surface area contributed by atoms with E-state index in [0.29, 0.717) is 30.1 Å². The first-order valence-electron chi connectivity index (χ1n) is 8.66. The summed E-state index contributed by atoms with van der Waals surface area (Å²) in [6.45, 7) is 3.87. The summed E-state index contributed by atoms with van der Waals surface area (Å²) in [4.78, 5) is 32.4. The van der Waals surface area contributed by atoms with Crippen molar-refractivity contribution in [3.63, 3.8) is 0 Å². The Balaban J connectivity index is 1.37. The zero-order valence-electron chi connectivity index (χ0n) is 14.4. The molecule has 1 N–H and O–H groups in total. The van der Waals surface area contributed by atoms with Crippen molar-refractivity contribution in [2.75, 3.05) is 38.1 Å². The molecule has 2 amide bonds. The number of hydrogen-bond donors (Lipinski definition) is 1. The van der Waals surface area contributed by atoms with E-state index in [9.17, 15) is 9.59 Å². The molecule has 1 saturated heterocycles. The Bertz CT molecular complexity index is 817. The van der Waals surface area contributed by atoms with Gasteiger partial charge in [0.25, 0.3) is 11.8 Å². The molecule has 2 aromatic rings. The number of aromatic nitrogens is 1. The van der Waals surface area contributed by atoms with Crippen molar-refractivity contribution in [3.8, 4) is 5.75 Å². The highest BCUT2D eigenvalue weighted by molar-refractivity contribution is 5.99. The van der Waals surface area contributed by atoms with E-state index in [0.717, 1.165) is 19.6 Å². The highest BCUT2D eigenvalue weighted by Crippen LogP contribution is 2.29. The minimum Gasteiger partial charge on any atom is -0.482 e. The SMILES string of the molecule is O=C1COc2cc(C(=O)N3CCN(Cc4cccnc4)CC3)ccc2N1. The third-order valence-electron chi connectivity index (χ3n) is 4.65. The number of anilines is 1. The summed E-state index contributed by atoms with van der Waals surface area (Å²) in [5, 5.41) is 2.73. The average molecular weight is 352 g/mol. The number of piperazine rings is 1. The summed E-state index contributed by atoms with van der Waals surface area (Å²) in [6.07, 6.45) is 3.65. The normalized spacial score (nSPS) is 17.2. The second-order valence-corrected chi connectivity index (χ2v) is 6.48. The van der Waals surface area contributed by atoms with Crippen LogP contribution in [0.15, 0.2) is 42.7 Å². The van der Waals surface area contributed by atoms with Crippen molar-refractivity contribution in [1.29, 1.82) is 0 Å². The molecule has 0 unspecified atom stereocenters. The van der Waals surface area contributed by atoms with Crippen molar-refractivity contribution in [3.05, 3.63) is 53.9 Å². The van der Waals surface area contributed by atoms with Gasteiger partial charge in [0.05, 0.1) is 5.69 Å². The molecule has 0 saturated carbocycles. The molecule has 2 aliphatic rings. The first-order valence-corrected chi connectivity index (χ1v) is 8.66. The highest BCUT2D eigenvalue weighted by atomic mass is 16.5. The fourth-order valence-corrected chi connectivity index (χ4v) is 3.25. The largest absolute Gasteiger partial charge is 0.482 e. The summed E-state index contributed by atoms with van der Waals surface area (Å²) >= 11 is 0. The minimum absolute atomic E-state index is 0.00525. The zero-order valence-corrected chi connectivity index (χ0v) is 14.4. The van der Waals surface area contributed by atoms with Crippen LogP contribution in [0.5, 0.6) is 5.75 Å². The van der Waals surface area contributed by atoms with Crippen LogP contribution in [-0.2, 0) is 11.3 Å². The fourth-order valence-electron chi connectivity index (χ4n) is 3.25. The van der Waals surface area contributed by atoms with Crippen LogP contribution in [0.25, 0.3) is 0 Å². The van der Waals surface area contributed by atoms with Gasteiger partial charge in [-0.25, -0.2) is 0 Å². The molecule has 7 nitrogen and oxygen atoms in total. The van der Waals surface area contributed by atoms with Gasteiger partial charge in [-0.15, -0.1) is 0 Å². The predicted octanol–water partition coefficient (Wildman–Crippen LogP) is 1.37. The number of ether oxygens (including phenoxy) is 1. The number of carbonyl (C=O) groups is 2. The maximum atomic E-state index is 12.8. The van der Waals surface area contributed by atoms with Crippen LogP contribution in [0.1, 0.15) is 15.9 Å². The summed E-state index contributed by atoms with van der Waals surface area (Å²) in [5.74, 6) is 0.362. The number of pyridine rings is 1. The molecule has 1 aromatic carbocycles. The molecule has 2 aliphatic heterocycles. The van der Waals surface area contributed by atoms with Gasteiger partial charge in [0.15, 0.2) is 6.61 Å².